The van der Waals surface area contributed by atoms with Crippen molar-refractivity contribution in [3.8, 4) is 0 Å². The van der Waals surface area contributed by atoms with Gasteiger partial charge in [-0.25, -0.2) is 4.39 Å². The van der Waals surface area contributed by atoms with Crippen molar-refractivity contribution in [2.45, 2.75) is 44.4 Å². The highest BCUT2D eigenvalue weighted by Gasteiger charge is 2.26. The molecule has 1 aliphatic rings. The Balaban J connectivity index is 1.97. The molecule has 1 aromatic carbocycles. The predicted octanol–water partition coefficient (Wildman–Crippen LogP) is 2.39. The topological polar surface area (TPSA) is 32.3 Å². The Hall–Kier alpha value is -0.930. The zero-order valence-corrected chi connectivity index (χ0v) is 9.49. The summed E-state index contributed by atoms with van der Waals surface area (Å²) in [6, 6.07) is 6.85. The molecule has 0 saturated heterocycles. The summed E-state index contributed by atoms with van der Waals surface area (Å²) in [5.41, 5.74) is 1.06. The molecule has 2 nitrogen and oxygen atoms in total. The van der Waals surface area contributed by atoms with Crippen molar-refractivity contribution in [3.05, 3.63) is 35.6 Å². The van der Waals surface area contributed by atoms with Gasteiger partial charge >= 0.3 is 0 Å². The number of hydrogen-bond acceptors (Lipinski definition) is 2. The highest BCUT2D eigenvalue weighted by molar-refractivity contribution is 5.19. The van der Waals surface area contributed by atoms with Crippen LogP contribution in [0.2, 0.25) is 0 Å². The summed E-state index contributed by atoms with van der Waals surface area (Å²) in [5.74, 6) is -0.211. The van der Waals surface area contributed by atoms with E-state index in [9.17, 15) is 9.50 Å². The van der Waals surface area contributed by atoms with E-state index in [2.05, 4.69) is 5.32 Å². The zero-order chi connectivity index (χ0) is 11.5. The standard InChI is InChI=1S/C13H18FNO/c1-9(10-5-7-11(14)8-6-10)15-12-3-2-4-13(12)16/h5-9,12-13,15-16H,2-4H2,1H3/t9-,12+,13+/m1/s1. The SMILES string of the molecule is C[C@@H](N[C@H]1CCC[C@@H]1O)c1ccc(F)cc1. The first-order chi connectivity index (χ1) is 7.66. The Kier molecular flexibility index (Phi) is 3.56. The minimum Gasteiger partial charge on any atom is -0.392 e. The summed E-state index contributed by atoms with van der Waals surface area (Å²) in [7, 11) is 0. The molecule has 2 N–H and O–H groups in total. The molecule has 0 heterocycles. The van der Waals surface area contributed by atoms with Crippen LogP contribution in [0.25, 0.3) is 0 Å². The Labute approximate surface area is 95.5 Å². The van der Waals surface area contributed by atoms with Crippen LogP contribution in [0.5, 0.6) is 0 Å². The van der Waals surface area contributed by atoms with Crippen LogP contribution in [0.15, 0.2) is 24.3 Å². The van der Waals surface area contributed by atoms with Crippen molar-refractivity contribution < 1.29 is 9.50 Å². The van der Waals surface area contributed by atoms with Crippen LogP contribution in [0.3, 0.4) is 0 Å². The Morgan fingerprint density at radius 2 is 2.00 bits per heavy atom. The summed E-state index contributed by atoms with van der Waals surface area (Å²) in [5, 5.41) is 13.1. The van der Waals surface area contributed by atoms with Gasteiger partial charge < -0.3 is 10.4 Å². The lowest BCUT2D eigenvalue weighted by molar-refractivity contribution is 0.144. The van der Waals surface area contributed by atoms with Gasteiger partial charge in [0.05, 0.1) is 6.10 Å². The van der Waals surface area contributed by atoms with Gasteiger partial charge in [-0.05, 0) is 43.9 Å². The molecular formula is C13H18FNO. The predicted molar refractivity (Wildman–Crippen MR) is 61.6 cm³/mol. The van der Waals surface area contributed by atoms with Crippen LogP contribution < -0.4 is 5.32 Å². The van der Waals surface area contributed by atoms with Crippen LogP contribution >= 0.6 is 0 Å². The Morgan fingerprint density at radius 1 is 1.31 bits per heavy atom. The van der Waals surface area contributed by atoms with Crippen LogP contribution in [0, 0.1) is 5.82 Å². The van der Waals surface area contributed by atoms with Crippen molar-refractivity contribution in [2.24, 2.45) is 0 Å². The maximum Gasteiger partial charge on any atom is 0.123 e. The van der Waals surface area contributed by atoms with Gasteiger partial charge in [-0.15, -0.1) is 0 Å². The van der Waals surface area contributed by atoms with Crippen molar-refractivity contribution in [1.29, 1.82) is 0 Å². The average molecular weight is 223 g/mol. The molecule has 0 spiro atoms. The maximum absolute atomic E-state index is 12.8. The van der Waals surface area contributed by atoms with E-state index in [4.69, 9.17) is 0 Å². The summed E-state index contributed by atoms with van der Waals surface area (Å²) in [6.45, 7) is 2.04. The first-order valence-electron chi connectivity index (χ1n) is 5.86. The van der Waals surface area contributed by atoms with Crippen LogP contribution in [-0.4, -0.2) is 17.3 Å². The molecular weight excluding hydrogens is 205 g/mol. The van der Waals surface area contributed by atoms with Gasteiger partial charge in [0.25, 0.3) is 0 Å². The number of nitrogens with one attached hydrogen (secondary N) is 1. The molecule has 2 rings (SSSR count). The fraction of sp³-hybridized carbons (Fsp3) is 0.538. The highest BCUT2D eigenvalue weighted by Crippen LogP contribution is 2.22. The molecule has 88 valence electrons. The Bertz CT molecular complexity index is 338. The average Bonchev–Trinajstić information content (AvgIpc) is 2.65. The Morgan fingerprint density at radius 3 is 2.56 bits per heavy atom. The number of hydrogen-bond donors (Lipinski definition) is 2. The van der Waals surface area contributed by atoms with Gasteiger partial charge in [-0.3, -0.25) is 0 Å². The largest absolute Gasteiger partial charge is 0.392 e. The molecule has 1 fully saturated rings. The molecule has 0 radical (unpaired) electrons. The van der Waals surface area contributed by atoms with Crippen molar-refractivity contribution >= 4 is 0 Å². The van der Waals surface area contributed by atoms with Crippen molar-refractivity contribution in [1.82, 2.24) is 5.32 Å². The second-order valence-corrected chi connectivity index (χ2v) is 4.54. The maximum atomic E-state index is 12.8. The van der Waals surface area contributed by atoms with E-state index in [1.807, 2.05) is 6.92 Å². The summed E-state index contributed by atoms with van der Waals surface area (Å²) in [6.07, 6.45) is 2.75. The highest BCUT2D eigenvalue weighted by atomic mass is 19.1. The molecule has 0 amide bonds. The summed E-state index contributed by atoms with van der Waals surface area (Å²) >= 11 is 0. The van der Waals surface area contributed by atoms with Gasteiger partial charge in [0.2, 0.25) is 0 Å². The van der Waals surface area contributed by atoms with E-state index in [0.29, 0.717) is 0 Å². The number of benzene rings is 1. The van der Waals surface area contributed by atoms with E-state index in [1.165, 1.54) is 12.1 Å². The molecule has 16 heavy (non-hydrogen) atoms. The van der Waals surface area contributed by atoms with Gasteiger partial charge in [0.1, 0.15) is 5.82 Å². The van der Waals surface area contributed by atoms with Crippen molar-refractivity contribution in [2.75, 3.05) is 0 Å². The molecule has 0 aromatic heterocycles. The quantitative estimate of drug-likeness (QED) is 0.824. The summed E-state index contributed by atoms with van der Waals surface area (Å²) < 4.78 is 12.8. The van der Waals surface area contributed by atoms with Crippen LogP contribution in [0.1, 0.15) is 37.8 Å². The van der Waals surface area contributed by atoms with Crippen molar-refractivity contribution in [3.63, 3.8) is 0 Å². The molecule has 1 aliphatic carbocycles. The lowest BCUT2D eigenvalue weighted by Gasteiger charge is -2.22. The lowest BCUT2D eigenvalue weighted by atomic mass is 10.1. The number of rotatable bonds is 3. The second kappa shape index (κ2) is 4.93. The van der Waals surface area contributed by atoms with Gasteiger partial charge in [-0.2, -0.15) is 0 Å². The third-order valence-corrected chi connectivity index (χ3v) is 3.31. The minimum atomic E-state index is -0.233. The van der Waals surface area contributed by atoms with Gasteiger partial charge in [-0.1, -0.05) is 12.1 Å². The fourth-order valence-electron chi connectivity index (χ4n) is 2.30. The molecule has 1 aromatic rings. The zero-order valence-electron chi connectivity index (χ0n) is 9.49. The van der Waals surface area contributed by atoms with E-state index >= 15 is 0 Å². The molecule has 3 atom stereocenters. The monoisotopic (exact) mass is 223 g/mol. The molecule has 0 bridgehead atoms. The smallest absolute Gasteiger partial charge is 0.123 e. The van der Waals surface area contributed by atoms with Gasteiger partial charge in [0.15, 0.2) is 0 Å². The van der Waals surface area contributed by atoms with Gasteiger partial charge in [0, 0.05) is 12.1 Å². The second-order valence-electron chi connectivity index (χ2n) is 4.54. The minimum absolute atomic E-state index is 0.151. The third kappa shape index (κ3) is 2.60. The molecule has 0 unspecified atom stereocenters. The molecule has 3 heteroatoms. The summed E-state index contributed by atoms with van der Waals surface area (Å²) in [4.78, 5) is 0. The molecule has 0 aliphatic heterocycles. The normalized spacial score (nSPS) is 26.9. The fourth-order valence-corrected chi connectivity index (χ4v) is 2.30. The first-order valence-corrected chi connectivity index (χ1v) is 5.86. The number of aliphatic hydroxyl groups is 1. The lowest BCUT2D eigenvalue weighted by Crippen LogP contribution is -2.37. The number of aliphatic hydroxyl groups excluding tert-OH is 1. The van der Waals surface area contributed by atoms with E-state index in [-0.39, 0.29) is 24.0 Å². The van der Waals surface area contributed by atoms with E-state index < -0.39 is 0 Å². The van der Waals surface area contributed by atoms with E-state index in [0.717, 1.165) is 24.8 Å². The van der Waals surface area contributed by atoms with Crippen LogP contribution in [-0.2, 0) is 0 Å². The third-order valence-electron chi connectivity index (χ3n) is 3.31. The number of halogens is 1. The van der Waals surface area contributed by atoms with E-state index in [1.54, 1.807) is 12.1 Å². The molecule has 1 saturated carbocycles. The van der Waals surface area contributed by atoms with Crippen LogP contribution in [0.4, 0.5) is 4.39 Å². The first kappa shape index (κ1) is 11.6.